The highest BCUT2D eigenvalue weighted by molar-refractivity contribution is 5.89. The topological polar surface area (TPSA) is 62.7 Å². The quantitative estimate of drug-likeness (QED) is 0.884. The summed E-state index contributed by atoms with van der Waals surface area (Å²) in [5, 5.41) is 9.18. The van der Waals surface area contributed by atoms with Gasteiger partial charge in [-0.15, -0.1) is 0 Å². The first-order chi connectivity index (χ1) is 10.1. The molecule has 0 bridgehead atoms. The van der Waals surface area contributed by atoms with Crippen molar-refractivity contribution in [2.45, 2.75) is 6.42 Å². The predicted octanol–water partition coefficient (Wildman–Crippen LogP) is 2.47. The van der Waals surface area contributed by atoms with E-state index in [0.29, 0.717) is 24.4 Å². The van der Waals surface area contributed by atoms with E-state index < -0.39 is 5.97 Å². The van der Waals surface area contributed by atoms with Crippen molar-refractivity contribution in [1.82, 2.24) is 4.98 Å². The van der Waals surface area contributed by atoms with Crippen LogP contribution in [0, 0.1) is 0 Å². The summed E-state index contributed by atoms with van der Waals surface area (Å²) in [6.45, 7) is 0.706. The smallest absolute Gasteiger partial charge is 0.335 e. The van der Waals surface area contributed by atoms with Gasteiger partial charge in [-0.25, -0.2) is 9.78 Å². The van der Waals surface area contributed by atoms with Crippen molar-refractivity contribution >= 4 is 11.7 Å². The maximum atomic E-state index is 11.2. The predicted molar refractivity (Wildman–Crippen MR) is 81.2 cm³/mol. The number of aromatic carboxylic acids is 1. The van der Waals surface area contributed by atoms with Crippen molar-refractivity contribution in [3.8, 4) is 5.88 Å². The van der Waals surface area contributed by atoms with Crippen LogP contribution in [0.15, 0.2) is 42.6 Å². The zero-order valence-corrected chi connectivity index (χ0v) is 12.1. The van der Waals surface area contributed by atoms with Gasteiger partial charge in [-0.3, -0.25) is 0 Å². The van der Waals surface area contributed by atoms with Crippen molar-refractivity contribution in [2.24, 2.45) is 0 Å². The standard InChI is InChI=1S/C16H18N2O3/c1-18(13-7-9-17-15(11-13)21-2)10-8-12-5-3-4-6-14(12)16(19)20/h3-7,9,11H,8,10H2,1-2H3,(H,19,20). The molecule has 110 valence electrons. The van der Waals surface area contributed by atoms with Crippen LogP contribution in [0.25, 0.3) is 0 Å². The summed E-state index contributed by atoms with van der Waals surface area (Å²) in [5.74, 6) is -0.330. The highest BCUT2D eigenvalue weighted by atomic mass is 16.5. The Morgan fingerprint density at radius 1 is 1.33 bits per heavy atom. The molecule has 0 amide bonds. The number of nitrogens with zero attached hydrogens (tertiary/aromatic N) is 2. The number of benzene rings is 1. The van der Waals surface area contributed by atoms with E-state index in [2.05, 4.69) is 4.98 Å². The zero-order valence-electron chi connectivity index (χ0n) is 12.1. The second-order valence-electron chi connectivity index (χ2n) is 4.69. The third kappa shape index (κ3) is 3.72. The number of hydrogen-bond donors (Lipinski definition) is 1. The third-order valence-electron chi connectivity index (χ3n) is 3.33. The number of rotatable bonds is 6. The number of anilines is 1. The lowest BCUT2D eigenvalue weighted by molar-refractivity contribution is 0.0695. The van der Waals surface area contributed by atoms with Crippen molar-refractivity contribution < 1.29 is 14.6 Å². The van der Waals surface area contributed by atoms with E-state index in [1.807, 2.05) is 36.2 Å². The van der Waals surface area contributed by atoms with Crippen LogP contribution in [0.5, 0.6) is 5.88 Å². The molecule has 0 aliphatic heterocycles. The number of methoxy groups -OCH3 is 1. The van der Waals surface area contributed by atoms with Gasteiger partial charge in [0.25, 0.3) is 0 Å². The van der Waals surface area contributed by atoms with Crippen LogP contribution in [0.3, 0.4) is 0 Å². The fourth-order valence-electron chi connectivity index (χ4n) is 2.11. The summed E-state index contributed by atoms with van der Waals surface area (Å²) >= 11 is 0. The van der Waals surface area contributed by atoms with Gasteiger partial charge < -0.3 is 14.7 Å². The van der Waals surface area contributed by atoms with E-state index in [1.54, 1.807) is 25.4 Å². The monoisotopic (exact) mass is 286 g/mol. The molecule has 1 aromatic heterocycles. The minimum atomic E-state index is -0.890. The lowest BCUT2D eigenvalue weighted by Gasteiger charge is -2.20. The van der Waals surface area contributed by atoms with Gasteiger partial charge in [0.05, 0.1) is 12.7 Å². The highest BCUT2D eigenvalue weighted by Gasteiger charge is 2.10. The molecule has 0 aliphatic rings. The lowest BCUT2D eigenvalue weighted by atomic mass is 10.0. The molecule has 2 rings (SSSR count). The average molecular weight is 286 g/mol. The maximum Gasteiger partial charge on any atom is 0.335 e. The first-order valence-corrected chi connectivity index (χ1v) is 6.64. The first kappa shape index (κ1) is 14.8. The van der Waals surface area contributed by atoms with Gasteiger partial charge in [0.15, 0.2) is 0 Å². The molecule has 2 aromatic rings. The molecule has 0 radical (unpaired) electrons. The highest BCUT2D eigenvalue weighted by Crippen LogP contribution is 2.18. The number of aromatic nitrogens is 1. The largest absolute Gasteiger partial charge is 0.481 e. The molecule has 0 atom stereocenters. The van der Waals surface area contributed by atoms with Crippen molar-refractivity contribution in [3.63, 3.8) is 0 Å². The summed E-state index contributed by atoms with van der Waals surface area (Å²) in [4.78, 5) is 17.3. The van der Waals surface area contributed by atoms with Crippen LogP contribution in [0.1, 0.15) is 15.9 Å². The Balaban J connectivity index is 2.07. The number of carboxylic acids is 1. The molecule has 0 saturated carbocycles. The second kappa shape index (κ2) is 6.74. The normalized spacial score (nSPS) is 10.2. The Bertz CT molecular complexity index is 628. The van der Waals surface area contributed by atoms with Gasteiger partial charge in [-0.2, -0.15) is 0 Å². The number of pyridine rings is 1. The van der Waals surface area contributed by atoms with E-state index in [4.69, 9.17) is 4.74 Å². The van der Waals surface area contributed by atoms with E-state index >= 15 is 0 Å². The molecule has 0 saturated heterocycles. The third-order valence-corrected chi connectivity index (χ3v) is 3.33. The molecule has 1 aromatic carbocycles. The molecule has 5 heteroatoms. The Hall–Kier alpha value is -2.56. The average Bonchev–Trinajstić information content (AvgIpc) is 2.52. The zero-order chi connectivity index (χ0) is 15.2. The summed E-state index contributed by atoms with van der Waals surface area (Å²) < 4.78 is 5.10. The molecule has 0 aliphatic carbocycles. The van der Waals surface area contributed by atoms with Crippen LogP contribution in [0.4, 0.5) is 5.69 Å². The number of carbonyl (C=O) groups is 1. The minimum absolute atomic E-state index is 0.359. The first-order valence-electron chi connectivity index (χ1n) is 6.64. The molecule has 1 N–H and O–H groups in total. The Morgan fingerprint density at radius 2 is 2.10 bits per heavy atom. The maximum absolute atomic E-state index is 11.2. The van der Waals surface area contributed by atoms with Gasteiger partial charge in [-0.05, 0) is 24.1 Å². The molecular weight excluding hydrogens is 268 g/mol. The van der Waals surface area contributed by atoms with Crippen LogP contribution in [0.2, 0.25) is 0 Å². The fraction of sp³-hybridized carbons (Fsp3) is 0.250. The van der Waals surface area contributed by atoms with E-state index in [0.717, 1.165) is 11.3 Å². The fourth-order valence-corrected chi connectivity index (χ4v) is 2.11. The molecule has 0 unspecified atom stereocenters. The summed E-state index contributed by atoms with van der Waals surface area (Å²) in [6.07, 6.45) is 2.35. The van der Waals surface area contributed by atoms with Crippen LogP contribution in [-0.2, 0) is 6.42 Å². The van der Waals surface area contributed by atoms with Crippen molar-refractivity contribution in [1.29, 1.82) is 0 Å². The summed E-state index contributed by atoms with van der Waals surface area (Å²) in [5.41, 5.74) is 2.17. The van der Waals surface area contributed by atoms with Gasteiger partial charge in [0.1, 0.15) is 0 Å². The van der Waals surface area contributed by atoms with Gasteiger partial charge in [0, 0.05) is 31.5 Å². The Kier molecular flexibility index (Phi) is 4.77. The summed E-state index contributed by atoms with van der Waals surface area (Å²) in [7, 11) is 3.54. The SMILES string of the molecule is COc1cc(N(C)CCc2ccccc2C(=O)O)ccn1. The van der Waals surface area contributed by atoms with Gasteiger partial charge in [-0.1, -0.05) is 18.2 Å². The number of likely N-dealkylation sites (N-methyl/N-ethyl adjacent to an activating group) is 1. The minimum Gasteiger partial charge on any atom is -0.481 e. The molecule has 0 fully saturated rings. The van der Waals surface area contributed by atoms with Gasteiger partial charge in [0.2, 0.25) is 5.88 Å². The molecule has 0 spiro atoms. The van der Waals surface area contributed by atoms with Crippen LogP contribution < -0.4 is 9.64 Å². The van der Waals surface area contributed by atoms with E-state index in [-0.39, 0.29) is 0 Å². The molecular formula is C16H18N2O3. The lowest BCUT2D eigenvalue weighted by Crippen LogP contribution is -2.21. The van der Waals surface area contributed by atoms with Crippen molar-refractivity contribution in [3.05, 3.63) is 53.7 Å². The summed E-state index contributed by atoms with van der Waals surface area (Å²) in [6, 6.07) is 10.8. The molecule has 1 heterocycles. The van der Waals surface area contributed by atoms with E-state index in [1.165, 1.54) is 0 Å². The van der Waals surface area contributed by atoms with E-state index in [9.17, 15) is 9.90 Å². The second-order valence-corrected chi connectivity index (χ2v) is 4.69. The van der Waals surface area contributed by atoms with Crippen LogP contribution >= 0.6 is 0 Å². The Morgan fingerprint density at radius 3 is 2.81 bits per heavy atom. The molecule has 5 nitrogen and oxygen atoms in total. The number of carboxylic acid groups (broad SMARTS) is 1. The van der Waals surface area contributed by atoms with Crippen molar-refractivity contribution in [2.75, 3.05) is 25.6 Å². The Labute approximate surface area is 123 Å². The van der Waals surface area contributed by atoms with Crippen LogP contribution in [-0.4, -0.2) is 36.8 Å². The van der Waals surface area contributed by atoms with Gasteiger partial charge >= 0.3 is 5.97 Å². The molecule has 21 heavy (non-hydrogen) atoms. The number of ether oxygens (including phenoxy) is 1. The number of hydrogen-bond acceptors (Lipinski definition) is 4.